The van der Waals surface area contributed by atoms with E-state index in [-0.39, 0.29) is 12.5 Å². The molecular formula is C18H26N4O2. The normalized spacial score (nSPS) is 12.2. The Bertz CT molecular complexity index is 721. The number of hydrogen-bond acceptors (Lipinski definition) is 4. The zero-order valence-corrected chi connectivity index (χ0v) is 14.6. The van der Waals surface area contributed by atoms with E-state index in [2.05, 4.69) is 16.9 Å². The molecule has 1 amide bonds. The van der Waals surface area contributed by atoms with Crippen molar-refractivity contribution < 1.29 is 9.90 Å². The molecule has 6 nitrogen and oxygen atoms in total. The molecule has 0 saturated carbocycles. The first kappa shape index (κ1) is 18.0. The van der Waals surface area contributed by atoms with E-state index in [1.807, 2.05) is 42.7 Å². The maximum atomic E-state index is 12.7. The van der Waals surface area contributed by atoms with Crippen LogP contribution in [0.4, 0.5) is 5.95 Å². The first-order chi connectivity index (χ1) is 11.4. The molecule has 0 aliphatic rings. The smallest absolute Gasteiger partial charge is 0.242 e. The van der Waals surface area contributed by atoms with E-state index >= 15 is 0 Å². The first-order valence-corrected chi connectivity index (χ1v) is 8.21. The largest absolute Gasteiger partial charge is 0.392 e. The van der Waals surface area contributed by atoms with Crippen molar-refractivity contribution in [1.29, 1.82) is 0 Å². The second kappa shape index (κ2) is 7.97. The van der Waals surface area contributed by atoms with Crippen LogP contribution in [0.1, 0.15) is 20.8 Å². The molecule has 1 heterocycles. The molecule has 0 aliphatic carbocycles. The van der Waals surface area contributed by atoms with Crippen LogP contribution in [-0.2, 0) is 11.3 Å². The summed E-state index contributed by atoms with van der Waals surface area (Å²) < 4.78 is 1.86. The Hall–Kier alpha value is -2.34. The van der Waals surface area contributed by atoms with Gasteiger partial charge in [0.25, 0.3) is 0 Å². The molecule has 0 bridgehead atoms. The van der Waals surface area contributed by atoms with Gasteiger partial charge in [-0.3, -0.25) is 4.79 Å². The lowest BCUT2D eigenvalue weighted by atomic mass is 10.3. The highest BCUT2D eigenvalue weighted by Gasteiger charge is 2.17. The van der Waals surface area contributed by atoms with E-state index in [1.54, 1.807) is 11.8 Å². The van der Waals surface area contributed by atoms with Crippen molar-refractivity contribution in [3.05, 3.63) is 36.4 Å². The summed E-state index contributed by atoms with van der Waals surface area (Å²) in [5.41, 5.74) is 2.67. The number of aromatic nitrogens is 2. The van der Waals surface area contributed by atoms with Crippen LogP contribution in [0.25, 0.3) is 11.0 Å². The van der Waals surface area contributed by atoms with Crippen LogP contribution in [0.3, 0.4) is 0 Å². The fourth-order valence-electron chi connectivity index (χ4n) is 2.55. The minimum Gasteiger partial charge on any atom is -0.392 e. The number of hydrogen-bond donors (Lipinski definition) is 2. The average Bonchev–Trinajstić information content (AvgIpc) is 2.88. The van der Waals surface area contributed by atoms with Gasteiger partial charge in [0, 0.05) is 19.6 Å². The second-order valence-corrected chi connectivity index (χ2v) is 6.11. The Morgan fingerprint density at radius 3 is 2.79 bits per heavy atom. The monoisotopic (exact) mass is 330 g/mol. The molecule has 1 unspecified atom stereocenters. The Morgan fingerprint density at radius 2 is 2.17 bits per heavy atom. The summed E-state index contributed by atoms with van der Waals surface area (Å²) in [5.74, 6) is 0.612. The van der Waals surface area contributed by atoms with Crippen LogP contribution in [-0.4, -0.2) is 51.2 Å². The predicted octanol–water partition coefficient (Wildman–Crippen LogP) is 2.25. The van der Waals surface area contributed by atoms with E-state index in [1.165, 1.54) is 0 Å². The average molecular weight is 330 g/mol. The molecule has 0 radical (unpaired) electrons. The van der Waals surface area contributed by atoms with Gasteiger partial charge >= 0.3 is 0 Å². The number of rotatable bonds is 8. The molecule has 2 N–H and O–H groups in total. The summed E-state index contributed by atoms with van der Waals surface area (Å²) in [5, 5.41) is 12.6. The van der Waals surface area contributed by atoms with Crippen LogP contribution in [0.2, 0.25) is 0 Å². The van der Waals surface area contributed by atoms with Gasteiger partial charge in [-0.05, 0) is 32.9 Å². The number of fused-ring (bicyclic) bond motifs is 1. The Labute approximate surface area is 142 Å². The zero-order chi connectivity index (χ0) is 17.7. The first-order valence-electron chi connectivity index (χ1n) is 8.21. The highest BCUT2D eigenvalue weighted by atomic mass is 16.3. The van der Waals surface area contributed by atoms with Crippen molar-refractivity contribution in [3.63, 3.8) is 0 Å². The van der Waals surface area contributed by atoms with Crippen LogP contribution >= 0.6 is 0 Å². The summed E-state index contributed by atoms with van der Waals surface area (Å²) in [6.45, 7) is 11.2. The molecule has 2 aromatic rings. The second-order valence-electron chi connectivity index (χ2n) is 6.11. The van der Waals surface area contributed by atoms with E-state index < -0.39 is 6.10 Å². The number of nitrogens with zero attached hydrogens (tertiary/aromatic N) is 3. The number of carbonyl (C=O) groups is 1. The highest BCUT2D eigenvalue weighted by molar-refractivity contribution is 5.83. The molecule has 0 saturated heterocycles. The maximum absolute atomic E-state index is 12.7. The minimum absolute atomic E-state index is 0.0174. The van der Waals surface area contributed by atoms with Crippen molar-refractivity contribution in [2.24, 2.45) is 0 Å². The van der Waals surface area contributed by atoms with E-state index in [4.69, 9.17) is 0 Å². The SMILES string of the molecule is C=C(C)CN(CC)C(=O)Cn1c(NCC(C)O)nc2ccccc21. The summed E-state index contributed by atoms with van der Waals surface area (Å²) in [7, 11) is 0. The van der Waals surface area contributed by atoms with Gasteiger partial charge in [-0.2, -0.15) is 0 Å². The van der Waals surface area contributed by atoms with Crippen LogP contribution < -0.4 is 5.32 Å². The third-order valence-corrected chi connectivity index (χ3v) is 3.70. The lowest BCUT2D eigenvalue weighted by Crippen LogP contribution is -2.35. The zero-order valence-electron chi connectivity index (χ0n) is 14.6. The number of likely N-dealkylation sites (N-methyl/N-ethyl adjacent to an activating group) is 1. The lowest BCUT2D eigenvalue weighted by molar-refractivity contribution is -0.131. The highest BCUT2D eigenvalue weighted by Crippen LogP contribution is 2.20. The number of amides is 1. The molecule has 1 atom stereocenters. The number of carbonyl (C=O) groups excluding carboxylic acids is 1. The molecule has 130 valence electrons. The van der Waals surface area contributed by atoms with Gasteiger partial charge in [-0.25, -0.2) is 4.98 Å². The third-order valence-electron chi connectivity index (χ3n) is 3.70. The number of benzene rings is 1. The fourth-order valence-corrected chi connectivity index (χ4v) is 2.55. The molecule has 2 rings (SSSR count). The molecule has 0 spiro atoms. The summed E-state index contributed by atoms with van der Waals surface area (Å²) in [6.07, 6.45) is -0.496. The summed E-state index contributed by atoms with van der Waals surface area (Å²) in [6, 6.07) is 7.70. The van der Waals surface area contributed by atoms with Gasteiger partial charge in [0.05, 0.1) is 17.1 Å². The number of aliphatic hydroxyl groups is 1. The van der Waals surface area contributed by atoms with Gasteiger partial charge < -0.3 is 19.9 Å². The molecular weight excluding hydrogens is 304 g/mol. The minimum atomic E-state index is -0.496. The van der Waals surface area contributed by atoms with E-state index in [0.717, 1.165) is 16.6 Å². The number of anilines is 1. The molecule has 1 aromatic carbocycles. The Balaban J connectivity index is 2.29. The summed E-state index contributed by atoms with van der Waals surface area (Å²) in [4.78, 5) is 19.0. The Kier molecular flexibility index (Phi) is 5.98. The van der Waals surface area contributed by atoms with Crippen LogP contribution in [0.15, 0.2) is 36.4 Å². The lowest BCUT2D eigenvalue weighted by Gasteiger charge is -2.22. The third kappa shape index (κ3) is 4.35. The topological polar surface area (TPSA) is 70.4 Å². The quantitative estimate of drug-likeness (QED) is 0.728. The summed E-state index contributed by atoms with van der Waals surface area (Å²) >= 11 is 0. The maximum Gasteiger partial charge on any atom is 0.242 e. The van der Waals surface area contributed by atoms with Crippen molar-refractivity contribution in [2.45, 2.75) is 33.4 Å². The number of nitrogens with one attached hydrogen (secondary N) is 1. The molecule has 0 fully saturated rings. The van der Waals surface area contributed by atoms with Gasteiger partial charge in [0.1, 0.15) is 6.54 Å². The van der Waals surface area contributed by atoms with Crippen molar-refractivity contribution in [3.8, 4) is 0 Å². The van der Waals surface area contributed by atoms with Crippen molar-refractivity contribution in [1.82, 2.24) is 14.5 Å². The van der Waals surface area contributed by atoms with Crippen molar-refractivity contribution in [2.75, 3.05) is 25.0 Å². The van der Waals surface area contributed by atoms with Crippen molar-refractivity contribution >= 4 is 22.9 Å². The molecule has 0 aliphatic heterocycles. The van der Waals surface area contributed by atoms with E-state index in [0.29, 0.717) is 25.6 Å². The standard InChI is InChI=1S/C18H26N4O2/c1-5-21(11-13(2)3)17(24)12-22-16-9-7-6-8-15(16)20-18(22)19-10-14(4)23/h6-9,14,23H,2,5,10-12H2,1,3-4H3,(H,19,20). The van der Waals surface area contributed by atoms with Gasteiger partial charge in [-0.15, -0.1) is 0 Å². The van der Waals surface area contributed by atoms with Gasteiger partial charge in [0.15, 0.2) is 0 Å². The van der Waals surface area contributed by atoms with Crippen LogP contribution in [0.5, 0.6) is 0 Å². The fraction of sp³-hybridized carbons (Fsp3) is 0.444. The Morgan fingerprint density at radius 1 is 1.46 bits per heavy atom. The predicted molar refractivity (Wildman–Crippen MR) is 97.0 cm³/mol. The number of aliphatic hydroxyl groups excluding tert-OH is 1. The van der Waals surface area contributed by atoms with Gasteiger partial charge in [0.2, 0.25) is 11.9 Å². The number of para-hydroxylation sites is 2. The number of imidazole rings is 1. The van der Waals surface area contributed by atoms with E-state index in [9.17, 15) is 9.90 Å². The molecule has 6 heteroatoms. The molecule has 24 heavy (non-hydrogen) atoms. The van der Waals surface area contributed by atoms with Crippen LogP contribution in [0, 0.1) is 0 Å². The van der Waals surface area contributed by atoms with Gasteiger partial charge in [-0.1, -0.05) is 24.3 Å². The molecule has 1 aromatic heterocycles.